The molecule has 4 aromatic carbocycles. The first-order valence-electron chi connectivity index (χ1n) is 16.7. The number of aromatic nitrogens is 4. The van der Waals surface area contributed by atoms with Crippen molar-refractivity contribution in [2.24, 2.45) is 0 Å². The molecule has 0 bridgehead atoms. The van der Waals surface area contributed by atoms with Crippen LogP contribution in [0.15, 0.2) is 103 Å². The molecule has 7 rings (SSSR count). The summed E-state index contributed by atoms with van der Waals surface area (Å²) in [5, 5.41) is 7.41. The zero-order chi connectivity index (χ0) is 34.0. The van der Waals surface area contributed by atoms with Crippen LogP contribution in [0.5, 0.6) is 11.5 Å². The molecule has 7 aromatic rings. The average Bonchev–Trinajstić information content (AvgIpc) is 3.63. The van der Waals surface area contributed by atoms with Crippen molar-refractivity contribution >= 4 is 21.8 Å². The standard InChI is InChI=1S/C43H44N4O/c1-27-20-28(2)41(29(3)21-27)37-17-19-46(45-37)32-22-31(43(7,8)9)23-34(25-32)48-33-14-15-36-35-12-10-11-13-38(35)47(39(36)26-33)40-24-30(16-18-44-40)42(4,5)6/h10-26H,1-9H3. The molecule has 0 aliphatic rings. The van der Waals surface area contributed by atoms with Crippen molar-refractivity contribution in [3.63, 3.8) is 0 Å². The van der Waals surface area contributed by atoms with Gasteiger partial charge in [-0.05, 0) is 102 Å². The van der Waals surface area contributed by atoms with Crippen molar-refractivity contribution in [2.75, 3.05) is 0 Å². The number of hydrogen-bond acceptors (Lipinski definition) is 3. The number of rotatable bonds is 5. The van der Waals surface area contributed by atoms with Crippen molar-refractivity contribution in [3.8, 4) is 34.3 Å². The molecule has 0 saturated carbocycles. The smallest absolute Gasteiger partial charge is 0.137 e. The fourth-order valence-electron chi connectivity index (χ4n) is 6.80. The molecular formula is C43H44N4O. The maximum atomic E-state index is 6.72. The topological polar surface area (TPSA) is 44.9 Å². The Hall–Kier alpha value is -5.16. The minimum absolute atomic E-state index is 0.00757. The summed E-state index contributed by atoms with van der Waals surface area (Å²) in [6.07, 6.45) is 3.96. The van der Waals surface area contributed by atoms with E-state index in [9.17, 15) is 0 Å². The van der Waals surface area contributed by atoms with Gasteiger partial charge < -0.3 is 4.74 Å². The van der Waals surface area contributed by atoms with Crippen molar-refractivity contribution < 1.29 is 4.74 Å². The van der Waals surface area contributed by atoms with Gasteiger partial charge in [0.05, 0.1) is 22.4 Å². The Labute approximate surface area is 283 Å². The Balaban J connectivity index is 1.32. The third-order valence-corrected chi connectivity index (χ3v) is 9.27. The zero-order valence-corrected chi connectivity index (χ0v) is 29.5. The molecule has 5 nitrogen and oxygen atoms in total. The van der Waals surface area contributed by atoms with E-state index in [0.717, 1.165) is 45.1 Å². The van der Waals surface area contributed by atoms with Crippen LogP contribution in [-0.2, 0) is 10.8 Å². The molecule has 3 heterocycles. The molecule has 0 radical (unpaired) electrons. The van der Waals surface area contributed by atoms with E-state index in [0.29, 0.717) is 0 Å². The summed E-state index contributed by atoms with van der Waals surface area (Å²) in [5.74, 6) is 2.44. The number of fused-ring (bicyclic) bond motifs is 3. The molecule has 0 N–H and O–H groups in total. The maximum absolute atomic E-state index is 6.72. The lowest BCUT2D eigenvalue weighted by Crippen LogP contribution is -2.12. The SMILES string of the molecule is Cc1cc(C)c(-c2ccn(-c3cc(Oc4ccc5c6ccccc6n(-c6cc(C(C)(C)C)ccn6)c5c4)cc(C(C)(C)C)c3)n2)c(C)c1. The lowest BCUT2D eigenvalue weighted by Gasteiger charge is -2.21. The average molecular weight is 633 g/mol. The molecule has 0 aliphatic heterocycles. The third-order valence-electron chi connectivity index (χ3n) is 9.27. The molecule has 3 aromatic heterocycles. The van der Waals surface area contributed by atoms with Crippen LogP contribution in [0.1, 0.15) is 69.4 Å². The Bertz CT molecular complexity index is 2300. The Morgan fingerprint density at radius 3 is 2.06 bits per heavy atom. The van der Waals surface area contributed by atoms with Crippen LogP contribution in [0.25, 0.3) is 44.6 Å². The molecule has 0 fully saturated rings. The third kappa shape index (κ3) is 5.79. The van der Waals surface area contributed by atoms with Gasteiger partial charge in [0.25, 0.3) is 0 Å². The number of nitrogens with zero attached hydrogens (tertiary/aromatic N) is 4. The highest BCUT2D eigenvalue weighted by atomic mass is 16.5. The van der Waals surface area contributed by atoms with E-state index in [-0.39, 0.29) is 10.8 Å². The van der Waals surface area contributed by atoms with Crippen LogP contribution < -0.4 is 4.74 Å². The highest BCUT2D eigenvalue weighted by molar-refractivity contribution is 6.09. The van der Waals surface area contributed by atoms with Crippen molar-refractivity contribution in [2.45, 2.75) is 73.1 Å². The normalized spacial score (nSPS) is 12.3. The fraction of sp³-hybridized carbons (Fsp3) is 0.256. The molecule has 0 saturated heterocycles. The Morgan fingerprint density at radius 2 is 1.33 bits per heavy atom. The maximum Gasteiger partial charge on any atom is 0.137 e. The molecule has 0 atom stereocenters. The fourth-order valence-corrected chi connectivity index (χ4v) is 6.80. The number of aryl methyl sites for hydroxylation is 3. The van der Waals surface area contributed by atoms with Gasteiger partial charge in [0.2, 0.25) is 0 Å². The summed E-state index contributed by atoms with van der Waals surface area (Å²) in [4.78, 5) is 4.84. The molecule has 0 amide bonds. The highest BCUT2D eigenvalue weighted by Gasteiger charge is 2.20. The summed E-state index contributed by atoms with van der Waals surface area (Å²) in [6.45, 7) is 19.9. The van der Waals surface area contributed by atoms with Crippen LogP contribution in [0.4, 0.5) is 0 Å². The monoisotopic (exact) mass is 632 g/mol. The molecular weight excluding hydrogens is 589 g/mol. The molecule has 242 valence electrons. The number of para-hydroxylation sites is 1. The lowest BCUT2D eigenvalue weighted by molar-refractivity contribution is 0.478. The van der Waals surface area contributed by atoms with Gasteiger partial charge in [-0.2, -0.15) is 5.10 Å². The second-order valence-corrected chi connectivity index (χ2v) is 15.2. The van der Waals surface area contributed by atoms with Crippen LogP contribution in [0.2, 0.25) is 0 Å². The number of benzene rings is 4. The van der Waals surface area contributed by atoms with E-state index in [1.807, 2.05) is 17.1 Å². The van der Waals surface area contributed by atoms with Crippen LogP contribution in [0, 0.1) is 20.8 Å². The summed E-state index contributed by atoms with van der Waals surface area (Å²) < 4.78 is 10.9. The molecule has 0 unspecified atom stereocenters. The second kappa shape index (κ2) is 11.5. The summed E-state index contributed by atoms with van der Waals surface area (Å²) in [5.41, 5.74) is 11.4. The highest BCUT2D eigenvalue weighted by Crippen LogP contribution is 2.37. The number of hydrogen-bond donors (Lipinski definition) is 0. The van der Waals surface area contributed by atoms with Gasteiger partial charge >= 0.3 is 0 Å². The van der Waals surface area contributed by atoms with Gasteiger partial charge in [0.1, 0.15) is 17.3 Å². The first-order valence-corrected chi connectivity index (χ1v) is 16.7. The second-order valence-electron chi connectivity index (χ2n) is 15.2. The van der Waals surface area contributed by atoms with Crippen molar-refractivity contribution in [3.05, 3.63) is 131 Å². The molecule has 5 heteroatoms. The van der Waals surface area contributed by atoms with E-state index >= 15 is 0 Å². The summed E-state index contributed by atoms with van der Waals surface area (Å²) >= 11 is 0. The van der Waals surface area contributed by atoms with E-state index in [1.165, 1.54) is 38.8 Å². The summed E-state index contributed by atoms with van der Waals surface area (Å²) in [7, 11) is 0. The quantitative estimate of drug-likeness (QED) is 0.190. The van der Waals surface area contributed by atoms with Crippen molar-refractivity contribution in [1.82, 2.24) is 19.3 Å². The van der Waals surface area contributed by atoms with Crippen LogP contribution in [0.3, 0.4) is 0 Å². The minimum Gasteiger partial charge on any atom is -0.457 e. The summed E-state index contributed by atoms with van der Waals surface area (Å²) in [6, 6.07) is 32.2. The van der Waals surface area contributed by atoms with E-state index in [2.05, 4.69) is 158 Å². The Kier molecular flexibility index (Phi) is 7.54. The van der Waals surface area contributed by atoms with Gasteiger partial charge in [0, 0.05) is 40.9 Å². The van der Waals surface area contributed by atoms with Crippen molar-refractivity contribution in [1.29, 1.82) is 0 Å². The molecule has 0 aliphatic carbocycles. The number of ether oxygens (including phenoxy) is 1. The van der Waals surface area contributed by atoms with E-state index < -0.39 is 0 Å². The first kappa shape index (κ1) is 31.4. The van der Waals surface area contributed by atoms with E-state index in [1.54, 1.807) is 0 Å². The molecule has 48 heavy (non-hydrogen) atoms. The Morgan fingerprint density at radius 1 is 0.625 bits per heavy atom. The predicted octanol–water partition coefficient (Wildman–Crippen LogP) is 11.3. The van der Waals surface area contributed by atoms with Crippen LogP contribution in [-0.4, -0.2) is 19.3 Å². The van der Waals surface area contributed by atoms with Gasteiger partial charge in [0.15, 0.2) is 0 Å². The van der Waals surface area contributed by atoms with Gasteiger partial charge in [-0.1, -0.05) is 77.4 Å². The van der Waals surface area contributed by atoms with Gasteiger partial charge in [-0.3, -0.25) is 4.57 Å². The van der Waals surface area contributed by atoms with E-state index in [4.69, 9.17) is 14.8 Å². The molecule has 0 spiro atoms. The first-order chi connectivity index (χ1) is 22.8. The van der Waals surface area contributed by atoms with Crippen LogP contribution >= 0.6 is 0 Å². The predicted molar refractivity (Wildman–Crippen MR) is 199 cm³/mol. The minimum atomic E-state index is -0.0889. The van der Waals surface area contributed by atoms with Gasteiger partial charge in [-0.15, -0.1) is 0 Å². The van der Waals surface area contributed by atoms with Gasteiger partial charge in [-0.25, -0.2) is 9.67 Å². The largest absolute Gasteiger partial charge is 0.457 e. The lowest BCUT2D eigenvalue weighted by atomic mass is 9.86. The zero-order valence-electron chi connectivity index (χ0n) is 29.5. The number of pyridine rings is 1.